The molecule has 12 heteroatoms. The fourth-order valence-electron chi connectivity index (χ4n) is 4.69. The number of aromatic nitrogens is 3. The molecule has 0 atom stereocenters. The molecule has 1 saturated carbocycles. The minimum absolute atomic E-state index is 0.112. The summed E-state index contributed by atoms with van der Waals surface area (Å²) in [5, 5.41) is 12.8. The highest BCUT2D eigenvalue weighted by molar-refractivity contribution is 5.94. The third-order valence-electron chi connectivity index (χ3n) is 7.09. The molecule has 1 amide bonds. The number of nitrogens with zero attached hydrogens (tertiary/aromatic N) is 3. The smallest absolute Gasteiger partial charge is 0.251 e. The Kier molecular flexibility index (Phi) is 12.6. The molecular formula is C31H43N7O5. The minimum atomic E-state index is -0.112. The minimum Gasteiger partial charge on any atom is -0.493 e. The Bertz CT molecular complexity index is 1270. The lowest BCUT2D eigenvalue weighted by atomic mass is 9.87. The Hall–Kier alpha value is -4.16. The monoisotopic (exact) mass is 593 g/mol. The van der Waals surface area contributed by atoms with Crippen LogP contribution >= 0.6 is 0 Å². The molecule has 12 nitrogen and oxygen atoms in total. The zero-order valence-corrected chi connectivity index (χ0v) is 25.2. The molecule has 0 spiro atoms. The van der Waals surface area contributed by atoms with Gasteiger partial charge in [-0.1, -0.05) is 25.1 Å². The highest BCUT2D eigenvalue weighted by atomic mass is 16.5. The summed E-state index contributed by atoms with van der Waals surface area (Å²) >= 11 is 0. The molecule has 0 aliphatic heterocycles. The highest BCUT2D eigenvalue weighted by Crippen LogP contribution is 2.31. The second-order valence-electron chi connectivity index (χ2n) is 10.4. The number of rotatable bonds is 17. The maximum Gasteiger partial charge on any atom is 0.251 e. The van der Waals surface area contributed by atoms with Crippen LogP contribution in [0, 0.1) is 5.92 Å². The van der Waals surface area contributed by atoms with Gasteiger partial charge >= 0.3 is 0 Å². The van der Waals surface area contributed by atoms with Crippen LogP contribution in [0.15, 0.2) is 48.5 Å². The molecule has 1 aliphatic rings. The van der Waals surface area contributed by atoms with Gasteiger partial charge < -0.3 is 40.2 Å². The Morgan fingerprint density at radius 3 is 2.19 bits per heavy atom. The van der Waals surface area contributed by atoms with Crippen LogP contribution in [0.1, 0.15) is 43.0 Å². The number of carbonyl (C=O) groups is 1. The van der Waals surface area contributed by atoms with E-state index in [4.69, 9.17) is 18.9 Å². The first-order valence-electron chi connectivity index (χ1n) is 14.8. The standard InChI is InChI=1S/C31H43N7O5/c1-22-9-11-24(12-10-22)34-30-36-29(37-31(38-30)35-25-13-14-26(40-2)27(21-25)41-3)33-16-18-43-20-19-42-17-15-32-28(39)23-7-5-4-6-8-23/h4-8,13-14,21-22,24H,9-12,15-20H2,1-3H3,(H,32,39)(H3,33,34,35,36,37,38). The van der Waals surface area contributed by atoms with Crippen molar-refractivity contribution in [2.24, 2.45) is 5.92 Å². The lowest BCUT2D eigenvalue weighted by Gasteiger charge is -2.27. The van der Waals surface area contributed by atoms with Crippen molar-refractivity contribution >= 4 is 29.4 Å². The Labute approximate surface area is 253 Å². The quantitative estimate of drug-likeness (QED) is 0.164. The van der Waals surface area contributed by atoms with Crippen molar-refractivity contribution < 1.29 is 23.7 Å². The fraction of sp³-hybridized carbons (Fsp3) is 0.484. The third-order valence-corrected chi connectivity index (χ3v) is 7.09. The van der Waals surface area contributed by atoms with Crippen molar-refractivity contribution in [1.82, 2.24) is 20.3 Å². The molecule has 232 valence electrons. The summed E-state index contributed by atoms with van der Waals surface area (Å²) in [6.45, 7) is 4.97. The number of hydrogen-bond acceptors (Lipinski definition) is 11. The molecule has 4 N–H and O–H groups in total. The summed E-state index contributed by atoms with van der Waals surface area (Å²) in [5.41, 5.74) is 1.39. The zero-order chi connectivity index (χ0) is 30.3. The van der Waals surface area contributed by atoms with Crippen molar-refractivity contribution in [3.05, 3.63) is 54.1 Å². The van der Waals surface area contributed by atoms with E-state index >= 15 is 0 Å². The fourth-order valence-corrected chi connectivity index (χ4v) is 4.69. The van der Waals surface area contributed by atoms with E-state index in [0.717, 1.165) is 24.4 Å². The molecule has 0 radical (unpaired) electrons. The lowest BCUT2D eigenvalue weighted by molar-refractivity contribution is 0.0519. The number of amides is 1. The first-order chi connectivity index (χ1) is 21.0. The molecule has 0 saturated heterocycles. The highest BCUT2D eigenvalue weighted by Gasteiger charge is 2.19. The van der Waals surface area contributed by atoms with Gasteiger partial charge in [0.2, 0.25) is 17.8 Å². The molecule has 43 heavy (non-hydrogen) atoms. The number of hydrogen-bond donors (Lipinski definition) is 4. The molecule has 1 heterocycles. The first-order valence-corrected chi connectivity index (χ1v) is 14.8. The second kappa shape index (κ2) is 17.1. The number of anilines is 4. The zero-order valence-electron chi connectivity index (χ0n) is 25.2. The maximum atomic E-state index is 12.0. The van der Waals surface area contributed by atoms with Crippen LogP contribution in [0.2, 0.25) is 0 Å². The lowest BCUT2D eigenvalue weighted by Crippen LogP contribution is -2.27. The molecule has 1 fully saturated rings. The summed E-state index contributed by atoms with van der Waals surface area (Å²) in [7, 11) is 3.20. The second-order valence-corrected chi connectivity index (χ2v) is 10.4. The van der Waals surface area contributed by atoms with E-state index in [-0.39, 0.29) is 5.91 Å². The third kappa shape index (κ3) is 10.6. The van der Waals surface area contributed by atoms with Gasteiger partial charge in [0.15, 0.2) is 11.5 Å². The SMILES string of the molecule is COc1ccc(Nc2nc(NCCOCCOCCNC(=O)c3ccccc3)nc(NC3CCC(C)CC3)n2)cc1OC. The normalized spacial score (nSPS) is 16.3. The van der Waals surface area contributed by atoms with E-state index in [1.807, 2.05) is 36.4 Å². The summed E-state index contributed by atoms with van der Waals surface area (Å²) in [4.78, 5) is 25.8. The van der Waals surface area contributed by atoms with Gasteiger partial charge in [-0.15, -0.1) is 0 Å². The van der Waals surface area contributed by atoms with E-state index < -0.39 is 0 Å². The van der Waals surface area contributed by atoms with Gasteiger partial charge in [-0.05, 0) is 55.9 Å². The average molecular weight is 594 g/mol. The number of nitrogens with one attached hydrogen (secondary N) is 4. The predicted octanol–water partition coefficient (Wildman–Crippen LogP) is 4.50. The summed E-state index contributed by atoms with van der Waals surface area (Å²) < 4.78 is 22.0. The van der Waals surface area contributed by atoms with Crippen LogP contribution in [0.3, 0.4) is 0 Å². The van der Waals surface area contributed by atoms with E-state index in [2.05, 4.69) is 43.1 Å². The topological polar surface area (TPSA) is 141 Å². The molecule has 2 aromatic carbocycles. The Balaban J connectivity index is 1.23. The van der Waals surface area contributed by atoms with Crippen LogP contribution in [-0.4, -0.2) is 80.6 Å². The van der Waals surface area contributed by atoms with Gasteiger partial charge in [0.25, 0.3) is 5.91 Å². The van der Waals surface area contributed by atoms with Crippen LogP contribution < -0.4 is 30.7 Å². The van der Waals surface area contributed by atoms with Crippen molar-refractivity contribution in [2.75, 3.05) is 69.7 Å². The Morgan fingerprint density at radius 2 is 1.47 bits per heavy atom. The van der Waals surface area contributed by atoms with Crippen molar-refractivity contribution in [2.45, 2.75) is 38.6 Å². The van der Waals surface area contributed by atoms with Crippen molar-refractivity contribution in [3.8, 4) is 11.5 Å². The largest absolute Gasteiger partial charge is 0.493 e. The first kappa shape index (κ1) is 31.8. The van der Waals surface area contributed by atoms with Gasteiger partial charge in [-0.25, -0.2) is 0 Å². The number of ether oxygens (including phenoxy) is 4. The van der Waals surface area contributed by atoms with Gasteiger partial charge in [0, 0.05) is 36.4 Å². The van der Waals surface area contributed by atoms with Crippen molar-refractivity contribution in [1.29, 1.82) is 0 Å². The van der Waals surface area contributed by atoms with E-state index in [1.54, 1.807) is 26.4 Å². The molecule has 1 aliphatic carbocycles. The van der Waals surface area contributed by atoms with Crippen LogP contribution in [0.4, 0.5) is 23.5 Å². The number of carbonyl (C=O) groups excluding carboxylic acids is 1. The Morgan fingerprint density at radius 1 is 0.791 bits per heavy atom. The van der Waals surface area contributed by atoms with E-state index in [0.29, 0.717) is 80.5 Å². The summed E-state index contributed by atoms with van der Waals surface area (Å²) in [6.07, 6.45) is 4.55. The average Bonchev–Trinajstić information content (AvgIpc) is 3.03. The number of methoxy groups -OCH3 is 2. The van der Waals surface area contributed by atoms with Crippen LogP contribution in [0.25, 0.3) is 0 Å². The maximum absolute atomic E-state index is 12.0. The summed E-state index contributed by atoms with van der Waals surface area (Å²) in [6, 6.07) is 15.0. The van der Waals surface area contributed by atoms with Crippen LogP contribution in [0.5, 0.6) is 11.5 Å². The predicted molar refractivity (Wildman–Crippen MR) is 167 cm³/mol. The van der Waals surface area contributed by atoms with Crippen LogP contribution in [-0.2, 0) is 9.47 Å². The molecule has 1 aromatic heterocycles. The molecular weight excluding hydrogens is 550 g/mol. The van der Waals surface area contributed by atoms with E-state index in [1.165, 1.54) is 12.8 Å². The van der Waals surface area contributed by atoms with Gasteiger partial charge in [0.05, 0.1) is 40.6 Å². The number of benzene rings is 2. The molecule has 3 aromatic rings. The van der Waals surface area contributed by atoms with Crippen molar-refractivity contribution in [3.63, 3.8) is 0 Å². The molecule has 0 unspecified atom stereocenters. The van der Waals surface area contributed by atoms with E-state index in [9.17, 15) is 4.79 Å². The van der Waals surface area contributed by atoms with Gasteiger partial charge in [0.1, 0.15) is 0 Å². The van der Waals surface area contributed by atoms with Gasteiger partial charge in [-0.2, -0.15) is 15.0 Å². The summed E-state index contributed by atoms with van der Waals surface area (Å²) in [5.74, 6) is 3.26. The van der Waals surface area contributed by atoms with Gasteiger partial charge in [-0.3, -0.25) is 4.79 Å². The molecule has 0 bridgehead atoms. The molecule has 4 rings (SSSR count).